The van der Waals surface area contributed by atoms with Crippen molar-refractivity contribution in [3.05, 3.63) is 23.2 Å². The van der Waals surface area contributed by atoms with Crippen LogP contribution in [0.1, 0.15) is 27.2 Å². The van der Waals surface area contributed by atoms with Crippen LogP contribution >= 0.6 is 11.6 Å². The highest BCUT2D eigenvalue weighted by atomic mass is 35.5. The normalized spacial score (nSPS) is 11.5. The minimum absolute atomic E-state index is 0.00232. The Kier molecular flexibility index (Phi) is 6.48. The van der Waals surface area contributed by atoms with Gasteiger partial charge in [-0.2, -0.15) is 0 Å². The van der Waals surface area contributed by atoms with Crippen LogP contribution in [0.4, 0.5) is 5.69 Å². The molecule has 21 heavy (non-hydrogen) atoms. The van der Waals surface area contributed by atoms with Crippen LogP contribution in [0.25, 0.3) is 0 Å². The second-order valence-electron chi connectivity index (χ2n) is 4.95. The summed E-state index contributed by atoms with van der Waals surface area (Å²) in [5.41, 5.74) is 0.438. The highest BCUT2D eigenvalue weighted by Gasteiger charge is 2.16. The number of benzene rings is 1. The SMILES string of the molecule is CCCS(=O)(=O)CC(=O)Nc1ccc(OC(C)C)c(Cl)c1. The van der Waals surface area contributed by atoms with E-state index in [0.717, 1.165) is 0 Å². The van der Waals surface area contributed by atoms with Gasteiger partial charge in [0, 0.05) is 5.69 Å². The number of hydrogen-bond acceptors (Lipinski definition) is 4. The van der Waals surface area contributed by atoms with Crippen LogP contribution in [0.15, 0.2) is 18.2 Å². The molecule has 0 radical (unpaired) electrons. The predicted octanol–water partition coefficient (Wildman–Crippen LogP) is 2.89. The zero-order valence-corrected chi connectivity index (χ0v) is 13.9. The largest absolute Gasteiger partial charge is 0.489 e. The number of carbonyl (C=O) groups excluding carboxylic acids is 1. The summed E-state index contributed by atoms with van der Waals surface area (Å²) in [5.74, 6) is -0.578. The van der Waals surface area contributed by atoms with Gasteiger partial charge in [-0.1, -0.05) is 18.5 Å². The summed E-state index contributed by atoms with van der Waals surface area (Å²) in [6.45, 7) is 5.51. The molecule has 1 amide bonds. The quantitative estimate of drug-likeness (QED) is 0.832. The number of halogens is 1. The van der Waals surface area contributed by atoms with E-state index in [1.165, 1.54) is 6.07 Å². The van der Waals surface area contributed by atoms with E-state index in [9.17, 15) is 13.2 Å². The average Bonchev–Trinajstić information content (AvgIpc) is 2.31. The first-order valence-electron chi connectivity index (χ1n) is 6.70. The van der Waals surface area contributed by atoms with E-state index in [2.05, 4.69) is 5.32 Å². The van der Waals surface area contributed by atoms with Crippen molar-refractivity contribution >= 4 is 33.0 Å². The van der Waals surface area contributed by atoms with Gasteiger partial charge < -0.3 is 10.1 Å². The summed E-state index contributed by atoms with van der Waals surface area (Å²) in [6, 6.07) is 4.79. The molecule has 0 heterocycles. The molecule has 0 aliphatic carbocycles. The molecule has 0 saturated carbocycles. The molecule has 1 N–H and O–H groups in total. The number of ether oxygens (including phenoxy) is 1. The maximum atomic E-state index is 11.7. The Balaban J connectivity index is 2.71. The number of anilines is 1. The van der Waals surface area contributed by atoms with Gasteiger partial charge in [-0.05, 0) is 38.5 Å². The number of rotatable bonds is 7. The van der Waals surface area contributed by atoms with Gasteiger partial charge in [0.25, 0.3) is 0 Å². The fraction of sp³-hybridized carbons (Fsp3) is 0.500. The van der Waals surface area contributed by atoms with Gasteiger partial charge in [-0.25, -0.2) is 8.42 Å². The third-order valence-corrected chi connectivity index (χ3v) is 4.47. The standard InChI is InChI=1S/C14H20ClNO4S/c1-4-7-21(18,19)9-14(17)16-11-5-6-13(12(15)8-11)20-10(2)3/h5-6,8,10H,4,7,9H2,1-3H3,(H,16,17). The fourth-order valence-electron chi connectivity index (χ4n) is 1.71. The molecule has 5 nitrogen and oxygen atoms in total. The maximum absolute atomic E-state index is 11.7. The molecular weight excluding hydrogens is 314 g/mol. The highest BCUT2D eigenvalue weighted by Crippen LogP contribution is 2.28. The number of amides is 1. The molecule has 0 saturated heterocycles. The van der Waals surface area contributed by atoms with Crippen molar-refractivity contribution in [1.82, 2.24) is 0 Å². The van der Waals surface area contributed by atoms with E-state index in [1.807, 2.05) is 13.8 Å². The lowest BCUT2D eigenvalue weighted by molar-refractivity contribution is -0.113. The molecule has 1 aromatic rings. The van der Waals surface area contributed by atoms with Crippen LogP contribution < -0.4 is 10.1 Å². The fourth-order valence-corrected chi connectivity index (χ4v) is 3.17. The topological polar surface area (TPSA) is 72.5 Å². The minimum atomic E-state index is -3.35. The van der Waals surface area contributed by atoms with Crippen LogP contribution in [0, 0.1) is 0 Å². The molecule has 0 aliphatic heterocycles. The van der Waals surface area contributed by atoms with Crippen molar-refractivity contribution in [1.29, 1.82) is 0 Å². The van der Waals surface area contributed by atoms with Crippen LogP contribution in [0.2, 0.25) is 5.02 Å². The number of sulfone groups is 1. The third kappa shape index (κ3) is 6.35. The molecule has 1 aromatic carbocycles. The van der Waals surface area contributed by atoms with Gasteiger partial charge >= 0.3 is 0 Å². The van der Waals surface area contributed by atoms with Gasteiger partial charge in [0.2, 0.25) is 5.91 Å². The van der Waals surface area contributed by atoms with Gasteiger partial charge in [-0.3, -0.25) is 4.79 Å². The molecule has 0 unspecified atom stereocenters. The van der Waals surface area contributed by atoms with E-state index >= 15 is 0 Å². The minimum Gasteiger partial charge on any atom is -0.489 e. The Bertz CT molecular complexity index is 599. The van der Waals surface area contributed by atoms with E-state index in [0.29, 0.717) is 22.9 Å². The third-order valence-electron chi connectivity index (χ3n) is 2.44. The molecule has 0 spiro atoms. The van der Waals surface area contributed by atoms with Crippen molar-refractivity contribution in [3.8, 4) is 5.75 Å². The van der Waals surface area contributed by atoms with E-state index < -0.39 is 21.5 Å². The van der Waals surface area contributed by atoms with E-state index in [4.69, 9.17) is 16.3 Å². The predicted molar refractivity (Wildman–Crippen MR) is 84.8 cm³/mol. The lowest BCUT2D eigenvalue weighted by atomic mass is 10.3. The summed E-state index contributed by atoms with van der Waals surface area (Å²) in [6.07, 6.45) is 0.477. The van der Waals surface area contributed by atoms with Crippen LogP contribution in [-0.2, 0) is 14.6 Å². The lowest BCUT2D eigenvalue weighted by Gasteiger charge is -2.12. The summed E-state index contributed by atoms with van der Waals surface area (Å²) >= 11 is 6.05. The number of nitrogens with one attached hydrogen (secondary N) is 1. The van der Waals surface area contributed by atoms with Crippen molar-refractivity contribution in [3.63, 3.8) is 0 Å². The molecule has 0 aromatic heterocycles. The first kappa shape index (κ1) is 17.8. The average molecular weight is 334 g/mol. The first-order valence-corrected chi connectivity index (χ1v) is 8.90. The van der Waals surface area contributed by atoms with Crippen molar-refractivity contribution in [2.45, 2.75) is 33.3 Å². The van der Waals surface area contributed by atoms with Crippen LogP contribution in [0.5, 0.6) is 5.75 Å². The van der Waals surface area contributed by atoms with Crippen LogP contribution in [-0.4, -0.2) is 31.9 Å². The zero-order valence-electron chi connectivity index (χ0n) is 12.3. The molecule has 118 valence electrons. The summed E-state index contributed by atoms with van der Waals surface area (Å²) in [4.78, 5) is 11.7. The maximum Gasteiger partial charge on any atom is 0.239 e. The molecule has 7 heteroatoms. The summed E-state index contributed by atoms with van der Waals surface area (Å²) in [7, 11) is -3.35. The molecule has 0 aliphatic rings. The second-order valence-corrected chi connectivity index (χ2v) is 7.54. The molecule has 0 fully saturated rings. The Morgan fingerprint density at radius 3 is 2.57 bits per heavy atom. The summed E-state index contributed by atoms with van der Waals surface area (Å²) < 4.78 is 28.6. The number of carbonyl (C=O) groups is 1. The smallest absolute Gasteiger partial charge is 0.239 e. The molecule has 1 rings (SSSR count). The van der Waals surface area contributed by atoms with Crippen molar-refractivity contribution in [2.75, 3.05) is 16.8 Å². The van der Waals surface area contributed by atoms with Crippen molar-refractivity contribution in [2.24, 2.45) is 0 Å². The molecule has 0 bridgehead atoms. The second kappa shape index (κ2) is 7.66. The lowest BCUT2D eigenvalue weighted by Crippen LogP contribution is -2.24. The van der Waals surface area contributed by atoms with E-state index in [1.54, 1.807) is 19.1 Å². The Morgan fingerprint density at radius 1 is 1.38 bits per heavy atom. The van der Waals surface area contributed by atoms with Gasteiger partial charge in [0.15, 0.2) is 9.84 Å². The van der Waals surface area contributed by atoms with Gasteiger partial charge in [-0.15, -0.1) is 0 Å². The van der Waals surface area contributed by atoms with Gasteiger partial charge in [0.1, 0.15) is 11.5 Å². The number of hydrogen-bond donors (Lipinski definition) is 1. The highest BCUT2D eigenvalue weighted by molar-refractivity contribution is 7.92. The zero-order chi connectivity index (χ0) is 16.0. The Labute approximate surface area is 130 Å². The molecular formula is C14H20ClNO4S. The van der Waals surface area contributed by atoms with Crippen molar-refractivity contribution < 1.29 is 17.9 Å². The summed E-state index contributed by atoms with van der Waals surface area (Å²) in [5, 5.41) is 2.88. The first-order chi connectivity index (χ1) is 9.73. The van der Waals surface area contributed by atoms with E-state index in [-0.39, 0.29) is 11.9 Å². The van der Waals surface area contributed by atoms with Gasteiger partial charge in [0.05, 0.1) is 16.9 Å². The Hall–Kier alpha value is -1.27. The molecule has 0 atom stereocenters. The monoisotopic (exact) mass is 333 g/mol. The Morgan fingerprint density at radius 2 is 2.05 bits per heavy atom. The van der Waals surface area contributed by atoms with Crippen LogP contribution in [0.3, 0.4) is 0 Å².